The molecule has 0 aliphatic heterocycles. The van der Waals surface area contributed by atoms with E-state index in [-0.39, 0.29) is 23.5 Å². The van der Waals surface area contributed by atoms with Crippen LogP contribution in [0.5, 0.6) is 0 Å². The topological polar surface area (TPSA) is 37.3 Å². The third-order valence-corrected chi connectivity index (χ3v) is 7.46. The van der Waals surface area contributed by atoms with Crippen molar-refractivity contribution in [3.63, 3.8) is 0 Å². The van der Waals surface area contributed by atoms with Crippen molar-refractivity contribution in [3.05, 3.63) is 11.6 Å². The molecule has 4 aliphatic rings. The Morgan fingerprint density at radius 2 is 2.26 bits per heavy atom. The Kier molecular flexibility index (Phi) is 3.00. The number of rotatable bonds is 1. The summed E-state index contributed by atoms with van der Waals surface area (Å²) in [6, 6.07) is 0. The minimum Gasteiger partial charge on any atom is -0.377 e. The second-order valence-electron chi connectivity index (χ2n) is 7.99. The molecule has 1 unspecified atom stereocenters. The predicted octanol–water partition coefficient (Wildman–Crippen LogP) is 3.88. The van der Waals surface area contributed by atoms with Crippen LogP contribution in [-0.2, 0) is 4.79 Å². The van der Waals surface area contributed by atoms with Crippen LogP contribution in [0.2, 0.25) is 0 Å². The summed E-state index contributed by atoms with van der Waals surface area (Å²) in [6.45, 7) is 2.08. The Balaban J connectivity index is 1.79. The van der Waals surface area contributed by atoms with Crippen LogP contribution in [0.15, 0.2) is 11.6 Å². The van der Waals surface area contributed by atoms with E-state index in [1.54, 1.807) is 6.08 Å². The Labute approximate surface area is 142 Å². The van der Waals surface area contributed by atoms with Crippen LogP contribution in [0.4, 0.5) is 0 Å². The standard InChI is InChI=1S/C21H28O2/c1-3-20-11-9-17-16-8-6-15(22)13-14(16)5-7-18(17)19(20)10-12-21(20,23)4-2/h2,13,16-19,23H,3,5-12H2,1H3/t16-,17+,18+,19-,20-,21-/m0/s1/i9T,17T/t9?,16-,17+,18+,19-,20-,21-. The molecule has 0 aromatic rings. The van der Waals surface area contributed by atoms with E-state index in [2.05, 4.69) is 12.8 Å². The maximum atomic E-state index is 11.8. The molecule has 7 atom stereocenters. The lowest BCUT2D eigenvalue weighted by atomic mass is 9.49. The summed E-state index contributed by atoms with van der Waals surface area (Å²) >= 11 is 0. The van der Waals surface area contributed by atoms with Crippen LogP contribution in [-0.4, -0.2) is 16.5 Å². The van der Waals surface area contributed by atoms with E-state index in [4.69, 9.17) is 7.79 Å². The van der Waals surface area contributed by atoms with Crippen molar-refractivity contribution in [2.75, 3.05) is 0 Å². The van der Waals surface area contributed by atoms with Gasteiger partial charge in [-0.2, -0.15) is 0 Å². The summed E-state index contributed by atoms with van der Waals surface area (Å²) in [5.74, 6) is 2.36. The zero-order valence-electron chi connectivity index (χ0n) is 16.0. The molecular weight excluding hydrogens is 284 g/mol. The summed E-state index contributed by atoms with van der Waals surface area (Å²) in [7, 11) is 0. The SMILES string of the molecule is [3H]C1C[C@@]2(CC)[C@@H](CC[C@@]2(O)C#C)[C@@H]2CCC3=CC(=O)CC[C@@H]3[C@@]12[3H]. The summed E-state index contributed by atoms with van der Waals surface area (Å²) in [5, 5.41) is 11.2. The van der Waals surface area contributed by atoms with Crippen molar-refractivity contribution in [2.24, 2.45) is 29.1 Å². The first kappa shape index (κ1) is 13.2. The van der Waals surface area contributed by atoms with Crippen molar-refractivity contribution in [2.45, 2.75) is 70.3 Å². The molecule has 0 saturated heterocycles. The van der Waals surface area contributed by atoms with Gasteiger partial charge in [0.15, 0.2) is 5.78 Å². The molecule has 4 aliphatic carbocycles. The van der Waals surface area contributed by atoms with Crippen molar-refractivity contribution in [1.29, 1.82) is 0 Å². The third kappa shape index (κ3) is 1.96. The smallest absolute Gasteiger partial charge is 0.155 e. The summed E-state index contributed by atoms with van der Waals surface area (Å²) in [4.78, 5) is 11.8. The van der Waals surface area contributed by atoms with Crippen LogP contribution < -0.4 is 0 Å². The quantitative estimate of drug-likeness (QED) is 0.745. The molecule has 2 heteroatoms. The van der Waals surface area contributed by atoms with Gasteiger partial charge in [-0.3, -0.25) is 4.79 Å². The average molecular weight is 316 g/mol. The van der Waals surface area contributed by atoms with Gasteiger partial charge in [-0.1, -0.05) is 18.4 Å². The number of aliphatic hydroxyl groups is 1. The number of fused-ring (bicyclic) bond motifs is 5. The summed E-state index contributed by atoms with van der Waals surface area (Å²) in [6.07, 6.45) is 12.6. The molecule has 1 N–H and O–H groups in total. The van der Waals surface area contributed by atoms with E-state index in [1.165, 1.54) is 0 Å². The Morgan fingerprint density at radius 1 is 1.43 bits per heavy atom. The van der Waals surface area contributed by atoms with E-state index in [9.17, 15) is 11.3 Å². The van der Waals surface area contributed by atoms with Gasteiger partial charge in [0.1, 0.15) is 5.60 Å². The fourth-order valence-corrected chi connectivity index (χ4v) is 6.27. The van der Waals surface area contributed by atoms with Crippen LogP contribution in [0, 0.1) is 41.4 Å². The first-order valence-corrected chi connectivity index (χ1v) is 9.18. The fourth-order valence-electron chi connectivity index (χ4n) is 6.27. The maximum absolute atomic E-state index is 11.8. The zero-order valence-corrected chi connectivity index (χ0v) is 14.0. The highest BCUT2D eigenvalue weighted by Gasteiger charge is 2.63. The number of terminal acetylenes is 1. The molecule has 124 valence electrons. The maximum Gasteiger partial charge on any atom is 0.155 e. The molecule has 4 rings (SSSR count). The lowest BCUT2D eigenvalue weighted by molar-refractivity contribution is -0.117. The Bertz CT molecular complexity index is 680. The van der Waals surface area contributed by atoms with Crippen molar-refractivity contribution in [1.82, 2.24) is 0 Å². The van der Waals surface area contributed by atoms with Gasteiger partial charge in [0.2, 0.25) is 0 Å². The Morgan fingerprint density at radius 3 is 3.00 bits per heavy atom. The van der Waals surface area contributed by atoms with E-state index < -0.39 is 23.3 Å². The van der Waals surface area contributed by atoms with Gasteiger partial charge in [-0.15, -0.1) is 6.42 Å². The monoisotopic (exact) mass is 316 g/mol. The van der Waals surface area contributed by atoms with Gasteiger partial charge in [0.25, 0.3) is 0 Å². The molecule has 0 heterocycles. The molecule has 0 aromatic heterocycles. The highest BCUT2D eigenvalue weighted by molar-refractivity contribution is 5.91. The highest BCUT2D eigenvalue weighted by atomic mass is 16.3. The van der Waals surface area contributed by atoms with Crippen LogP contribution in [0.25, 0.3) is 0 Å². The number of hydrogen-bond acceptors (Lipinski definition) is 2. The number of hydrogen-bond donors (Lipinski definition) is 1. The van der Waals surface area contributed by atoms with Gasteiger partial charge in [-0.25, -0.2) is 0 Å². The predicted molar refractivity (Wildman–Crippen MR) is 90.5 cm³/mol. The molecule has 2 nitrogen and oxygen atoms in total. The summed E-state index contributed by atoms with van der Waals surface area (Å²) in [5.41, 5.74) is -0.449. The van der Waals surface area contributed by atoms with E-state index in [0.717, 1.165) is 31.3 Å². The number of carbonyl (C=O) groups is 1. The molecule has 0 radical (unpaired) electrons. The average Bonchev–Trinajstić information content (AvgIpc) is 2.89. The molecule has 0 bridgehead atoms. The minimum absolute atomic E-state index is 0.0286. The molecule has 3 saturated carbocycles. The second-order valence-corrected chi connectivity index (χ2v) is 7.99. The number of ketones is 1. The molecule has 3 fully saturated rings. The third-order valence-electron chi connectivity index (χ3n) is 7.46. The van der Waals surface area contributed by atoms with E-state index >= 15 is 0 Å². The second kappa shape index (κ2) is 5.21. The van der Waals surface area contributed by atoms with Crippen LogP contribution >= 0.6 is 0 Å². The molecule has 0 aromatic carbocycles. The van der Waals surface area contributed by atoms with Crippen molar-refractivity contribution in [3.8, 4) is 12.3 Å². The normalized spacial score (nSPS) is 56.4. The van der Waals surface area contributed by atoms with Gasteiger partial charge in [0.05, 0.1) is 0 Å². The van der Waals surface area contributed by atoms with E-state index in [0.29, 0.717) is 25.7 Å². The fraction of sp³-hybridized carbons (Fsp3) is 0.762. The van der Waals surface area contributed by atoms with Crippen LogP contribution in [0.3, 0.4) is 0 Å². The first-order valence-electron chi connectivity index (χ1n) is 10.3. The Hall–Kier alpha value is -1.07. The lowest BCUT2D eigenvalue weighted by Gasteiger charge is -2.55. The van der Waals surface area contributed by atoms with Gasteiger partial charge in [0, 0.05) is 14.6 Å². The highest BCUT2D eigenvalue weighted by Crippen LogP contribution is 2.66. The molecule has 0 spiro atoms. The van der Waals surface area contributed by atoms with Gasteiger partial charge < -0.3 is 5.11 Å². The van der Waals surface area contributed by atoms with E-state index in [1.807, 2.05) is 0 Å². The van der Waals surface area contributed by atoms with Gasteiger partial charge in [-0.05, 0) is 81.1 Å². The van der Waals surface area contributed by atoms with Gasteiger partial charge >= 0.3 is 0 Å². The zero-order chi connectivity index (χ0) is 18.0. The van der Waals surface area contributed by atoms with Crippen molar-refractivity contribution < 1.29 is 12.6 Å². The lowest BCUT2D eigenvalue weighted by Crippen LogP contribution is -2.53. The molecule has 0 amide bonds. The number of allylic oxidation sites excluding steroid dienone is 1. The molecule has 23 heavy (non-hydrogen) atoms. The number of carbonyl (C=O) groups excluding carboxylic acids is 1. The van der Waals surface area contributed by atoms with Crippen molar-refractivity contribution >= 4 is 5.78 Å². The molecular formula is C21H28O2. The van der Waals surface area contributed by atoms with Crippen LogP contribution in [0.1, 0.15) is 67.4 Å². The minimum atomic E-state index is -1.13. The first-order chi connectivity index (χ1) is 11.8. The summed E-state index contributed by atoms with van der Waals surface area (Å²) < 4.78 is 18.3. The largest absolute Gasteiger partial charge is 0.377 e.